The average molecular weight is 1010 g/mol. The van der Waals surface area contributed by atoms with Gasteiger partial charge >= 0.3 is 11.9 Å². The van der Waals surface area contributed by atoms with E-state index in [2.05, 4.69) is 76.7 Å². The molecule has 0 spiro atoms. The van der Waals surface area contributed by atoms with Crippen LogP contribution in [0.4, 0.5) is 11.6 Å². The molecule has 2 aromatic heterocycles. The Bertz CT molecular complexity index is 2200. The molecule has 6 heterocycles. The number of carbonyl (C=O) groups excluding carboxylic acids is 4. The third-order valence-electron chi connectivity index (χ3n) is 12.8. The summed E-state index contributed by atoms with van der Waals surface area (Å²) in [5.74, 6) is 1.89. The predicted octanol–water partition coefficient (Wildman–Crippen LogP) is 7.96. The van der Waals surface area contributed by atoms with Gasteiger partial charge in [0.2, 0.25) is 11.8 Å². The number of amides is 2. The number of fused-ring (bicyclic) bond motifs is 2. The number of carbonyl (C=O) groups is 4. The number of anilines is 2. The number of halogens is 1. The number of rotatable bonds is 17. The summed E-state index contributed by atoms with van der Waals surface area (Å²) < 4.78 is 10.2. The van der Waals surface area contributed by atoms with E-state index >= 15 is 0 Å². The van der Waals surface area contributed by atoms with Crippen molar-refractivity contribution in [3.8, 4) is 0 Å². The van der Waals surface area contributed by atoms with Gasteiger partial charge in [0.25, 0.3) is 0 Å². The van der Waals surface area contributed by atoms with E-state index in [-0.39, 0.29) is 34.6 Å². The van der Waals surface area contributed by atoms with Crippen LogP contribution in [0.1, 0.15) is 123 Å². The smallest absolute Gasteiger partial charge is 0.327 e. The number of alkyl halides is 1. The molecular weight excluding hydrogens is 937 g/mol. The molecule has 4 aliphatic rings. The van der Waals surface area contributed by atoms with Crippen molar-refractivity contribution in [1.82, 2.24) is 30.8 Å². The molecule has 5 N–H and O–H groups in total. The summed E-state index contributed by atoms with van der Waals surface area (Å²) in [5.41, 5.74) is 6.61. The van der Waals surface area contributed by atoms with Crippen LogP contribution in [0.25, 0.3) is 0 Å². The molecule has 8 rings (SSSR count). The number of pyridine rings is 2. The number of benzene rings is 2. The van der Waals surface area contributed by atoms with Crippen molar-refractivity contribution < 1.29 is 28.7 Å². The lowest BCUT2D eigenvalue weighted by Crippen LogP contribution is -2.47. The Hall–Kier alpha value is -5.38. The zero-order chi connectivity index (χ0) is 48.6. The molecule has 14 nitrogen and oxygen atoms in total. The Kier molecular flexibility index (Phi) is 22.2. The Morgan fingerprint density at radius 1 is 0.638 bits per heavy atom. The third-order valence-corrected chi connectivity index (χ3v) is 13.7. The number of nitrogens with zero attached hydrogens (tertiary/aromatic N) is 3. The molecule has 372 valence electrons. The minimum Gasteiger partial charge on any atom is -0.465 e. The topological polar surface area (TPSA) is 176 Å². The number of nitrogens with one attached hydrogen (secondary N) is 5. The van der Waals surface area contributed by atoms with Crippen LogP contribution in [0.2, 0.25) is 0 Å². The van der Waals surface area contributed by atoms with Crippen molar-refractivity contribution in [2.24, 2.45) is 0 Å². The fourth-order valence-electron chi connectivity index (χ4n) is 9.07. The van der Waals surface area contributed by atoms with Gasteiger partial charge in [0, 0.05) is 62.5 Å². The Balaban J connectivity index is 0.000000190. The van der Waals surface area contributed by atoms with Crippen LogP contribution in [-0.2, 0) is 54.3 Å². The predicted molar refractivity (Wildman–Crippen MR) is 275 cm³/mol. The highest BCUT2D eigenvalue weighted by Crippen LogP contribution is 2.27. The molecule has 2 amide bonds. The lowest BCUT2D eigenvalue weighted by atomic mass is 9.99. The van der Waals surface area contributed by atoms with E-state index in [1.165, 1.54) is 17.5 Å². The van der Waals surface area contributed by atoms with E-state index in [0.717, 1.165) is 144 Å². The SMILES string of the molecule is CCOC(=O)C(Br)c1ccccc1.CCOC(=O)C(c1ccccc1)N1CCC(NC(=O)CCCc2ccc3c(n2)NCCC3)CC1.O=C(CCCc1ccc2c(n1)NCCC2)NC1CCNCC1. The molecule has 2 atom stereocenters. The molecule has 0 radical (unpaired) electrons. The first kappa shape index (κ1) is 53.0. The highest BCUT2D eigenvalue weighted by atomic mass is 79.9. The van der Waals surface area contributed by atoms with Crippen LogP contribution in [0.3, 0.4) is 0 Å². The van der Waals surface area contributed by atoms with Gasteiger partial charge in [-0.2, -0.15) is 0 Å². The number of aryl methyl sites for hydroxylation is 4. The molecule has 69 heavy (non-hydrogen) atoms. The Labute approximate surface area is 417 Å². The van der Waals surface area contributed by atoms with Gasteiger partial charge in [-0.15, -0.1) is 0 Å². The van der Waals surface area contributed by atoms with E-state index in [1.807, 2.05) is 67.6 Å². The average Bonchev–Trinajstić information content (AvgIpc) is 3.38. The van der Waals surface area contributed by atoms with Crippen molar-refractivity contribution in [1.29, 1.82) is 0 Å². The van der Waals surface area contributed by atoms with E-state index in [9.17, 15) is 19.2 Å². The van der Waals surface area contributed by atoms with Gasteiger partial charge < -0.3 is 36.1 Å². The highest BCUT2D eigenvalue weighted by molar-refractivity contribution is 9.09. The molecule has 0 saturated carbocycles. The summed E-state index contributed by atoms with van der Waals surface area (Å²) in [6.07, 6.45) is 12.7. The number of ether oxygens (including phenoxy) is 2. The largest absolute Gasteiger partial charge is 0.465 e. The fourth-order valence-corrected chi connectivity index (χ4v) is 9.51. The van der Waals surface area contributed by atoms with Gasteiger partial charge in [-0.25, -0.2) is 14.8 Å². The maximum atomic E-state index is 12.7. The second kappa shape index (κ2) is 29.0. The first-order valence-corrected chi connectivity index (χ1v) is 26.2. The van der Waals surface area contributed by atoms with Crippen LogP contribution < -0.4 is 26.6 Å². The van der Waals surface area contributed by atoms with Crippen LogP contribution in [-0.4, -0.2) is 103 Å². The molecular formula is C54H73BrN8O6. The van der Waals surface area contributed by atoms with E-state index in [4.69, 9.17) is 14.5 Å². The van der Waals surface area contributed by atoms with Gasteiger partial charge in [-0.05, 0) is 138 Å². The van der Waals surface area contributed by atoms with Crippen molar-refractivity contribution in [2.45, 2.75) is 127 Å². The van der Waals surface area contributed by atoms with Crippen molar-refractivity contribution in [2.75, 3.05) is 63.1 Å². The summed E-state index contributed by atoms with van der Waals surface area (Å²) in [6.45, 7) is 9.92. The minimum absolute atomic E-state index is 0.0968. The third kappa shape index (κ3) is 17.5. The van der Waals surface area contributed by atoms with E-state index < -0.39 is 6.04 Å². The molecule has 2 unspecified atom stereocenters. The monoisotopic (exact) mass is 1010 g/mol. The van der Waals surface area contributed by atoms with Gasteiger partial charge in [-0.3, -0.25) is 19.3 Å². The number of aromatic nitrogens is 2. The molecule has 2 fully saturated rings. The van der Waals surface area contributed by atoms with Crippen LogP contribution in [0.5, 0.6) is 0 Å². The minimum atomic E-state index is -0.392. The van der Waals surface area contributed by atoms with Gasteiger partial charge in [0.1, 0.15) is 22.5 Å². The first-order chi connectivity index (χ1) is 33.7. The van der Waals surface area contributed by atoms with Gasteiger partial charge in [0.05, 0.1) is 13.2 Å². The second-order valence-electron chi connectivity index (χ2n) is 17.9. The molecule has 0 aliphatic carbocycles. The summed E-state index contributed by atoms with van der Waals surface area (Å²) in [7, 11) is 0. The molecule has 2 saturated heterocycles. The van der Waals surface area contributed by atoms with Crippen molar-refractivity contribution in [3.05, 3.63) is 119 Å². The first-order valence-electron chi connectivity index (χ1n) is 25.3. The maximum absolute atomic E-state index is 12.7. The number of piperidine rings is 2. The second-order valence-corrected chi connectivity index (χ2v) is 18.9. The Morgan fingerprint density at radius 3 is 1.62 bits per heavy atom. The molecule has 15 heteroatoms. The quantitative estimate of drug-likeness (QED) is 0.0511. The van der Waals surface area contributed by atoms with Crippen LogP contribution in [0, 0.1) is 0 Å². The van der Waals surface area contributed by atoms with E-state index in [0.29, 0.717) is 32.1 Å². The standard InChI is InChI=1S/C27H36N4O3.C17H26N4O.C10H11BrO2/c1-2-34-27(33)25(20-8-4-3-5-9-20)31-18-15-23(16-19-31)29-24(32)12-6-11-22-14-13-21-10-7-17-28-26(21)30-22;22-16(20-15-8-11-18-12-9-15)5-1-4-14-7-6-13-3-2-10-19-17(13)21-14;1-2-13-10(12)9(11)8-6-4-3-5-7-8/h3-5,8-9,13-14,23,25H,2,6-7,10-12,15-19H2,1H3,(H,28,30)(H,29,32);6-7,15,18H,1-5,8-12H2,(H,19,21)(H,20,22);3-7,9H,2H2,1H3. The summed E-state index contributed by atoms with van der Waals surface area (Å²) >= 11 is 3.28. The molecule has 0 bridgehead atoms. The number of hydrogen-bond donors (Lipinski definition) is 5. The zero-order valence-electron chi connectivity index (χ0n) is 40.6. The van der Waals surface area contributed by atoms with Crippen molar-refractivity contribution in [3.63, 3.8) is 0 Å². The Morgan fingerprint density at radius 2 is 1.12 bits per heavy atom. The van der Waals surface area contributed by atoms with E-state index in [1.54, 1.807) is 6.92 Å². The van der Waals surface area contributed by atoms with Crippen LogP contribution in [0.15, 0.2) is 84.9 Å². The zero-order valence-corrected chi connectivity index (χ0v) is 42.2. The lowest BCUT2D eigenvalue weighted by Gasteiger charge is -2.36. The molecule has 2 aromatic carbocycles. The normalized spacial score (nSPS) is 16.7. The van der Waals surface area contributed by atoms with Gasteiger partial charge in [0.15, 0.2) is 0 Å². The van der Waals surface area contributed by atoms with Crippen LogP contribution >= 0.6 is 15.9 Å². The lowest BCUT2D eigenvalue weighted by molar-refractivity contribution is -0.150. The summed E-state index contributed by atoms with van der Waals surface area (Å²) in [6, 6.07) is 27.9. The molecule has 4 aliphatic heterocycles. The number of esters is 2. The van der Waals surface area contributed by atoms with Gasteiger partial charge in [-0.1, -0.05) is 88.7 Å². The maximum Gasteiger partial charge on any atom is 0.327 e. The number of likely N-dealkylation sites (tertiary alicyclic amines) is 1. The number of hydrogen-bond acceptors (Lipinski definition) is 12. The molecule has 4 aromatic rings. The summed E-state index contributed by atoms with van der Waals surface area (Å²) in [4.78, 5) is 59.7. The van der Waals surface area contributed by atoms with Crippen molar-refractivity contribution >= 4 is 51.3 Å². The summed E-state index contributed by atoms with van der Waals surface area (Å²) in [5, 5.41) is 16.4. The highest BCUT2D eigenvalue weighted by Gasteiger charge is 2.32. The fraction of sp³-hybridized carbons (Fsp3) is 0.519.